The molecular weight excluding hydrogens is 344 g/mol. The SMILES string of the molecule is Cc1ccc(-c2cc3c(=O)n(CC(=O)NCc4ccco4)ccn3n2)cc1. The van der Waals surface area contributed by atoms with Gasteiger partial charge in [0, 0.05) is 18.0 Å². The molecule has 0 saturated heterocycles. The Kier molecular flexibility index (Phi) is 4.33. The van der Waals surface area contributed by atoms with Crippen molar-refractivity contribution in [3.8, 4) is 11.3 Å². The summed E-state index contributed by atoms with van der Waals surface area (Å²) < 4.78 is 8.08. The summed E-state index contributed by atoms with van der Waals surface area (Å²) in [6.45, 7) is 2.23. The lowest BCUT2D eigenvalue weighted by Crippen LogP contribution is -2.32. The van der Waals surface area contributed by atoms with Gasteiger partial charge in [0.1, 0.15) is 17.8 Å². The Balaban J connectivity index is 1.55. The lowest BCUT2D eigenvalue weighted by atomic mass is 10.1. The van der Waals surface area contributed by atoms with E-state index >= 15 is 0 Å². The molecule has 3 aromatic heterocycles. The fourth-order valence-electron chi connectivity index (χ4n) is 2.83. The molecule has 0 aliphatic carbocycles. The number of benzene rings is 1. The highest BCUT2D eigenvalue weighted by Gasteiger charge is 2.11. The molecule has 7 nitrogen and oxygen atoms in total. The number of aromatic nitrogens is 3. The molecule has 4 aromatic rings. The second-order valence-corrected chi connectivity index (χ2v) is 6.31. The molecule has 0 saturated carbocycles. The number of nitrogens with zero attached hydrogens (tertiary/aromatic N) is 3. The van der Waals surface area contributed by atoms with E-state index in [2.05, 4.69) is 10.4 Å². The number of furan rings is 1. The predicted octanol–water partition coefficient (Wildman–Crippen LogP) is 2.38. The maximum Gasteiger partial charge on any atom is 0.277 e. The number of nitrogens with one attached hydrogen (secondary N) is 1. The van der Waals surface area contributed by atoms with E-state index in [0.29, 0.717) is 17.0 Å². The summed E-state index contributed by atoms with van der Waals surface area (Å²) in [6, 6.07) is 13.2. The van der Waals surface area contributed by atoms with Crippen LogP contribution in [-0.2, 0) is 17.9 Å². The minimum Gasteiger partial charge on any atom is -0.467 e. The number of aryl methyl sites for hydroxylation is 1. The van der Waals surface area contributed by atoms with Gasteiger partial charge in [-0.1, -0.05) is 29.8 Å². The van der Waals surface area contributed by atoms with E-state index in [9.17, 15) is 9.59 Å². The number of rotatable bonds is 5. The molecule has 1 amide bonds. The van der Waals surface area contributed by atoms with Gasteiger partial charge in [-0.05, 0) is 25.1 Å². The fourth-order valence-corrected chi connectivity index (χ4v) is 2.83. The summed E-state index contributed by atoms with van der Waals surface area (Å²) in [6.07, 6.45) is 4.78. The summed E-state index contributed by atoms with van der Waals surface area (Å²) in [5.74, 6) is 0.390. The highest BCUT2D eigenvalue weighted by molar-refractivity contribution is 5.75. The number of fused-ring (bicyclic) bond motifs is 1. The maximum atomic E-state index is 12.7. The van der Waals surface area contributed by atoms with Crippen LogP contribution < -0.4 is 10.9 Å². The third kappa shape index (κ3) is 3.52. The molecule has 0 radical (unpaired) electrons. The van der Waals surface area contributed by atoms with Crippen molar-refractivity contribution in [3.05, 3.63) is 82.8 Å². The first-order valence-electron chi connectivity index (χ1n) is 8.55. The van der Waals surface area contributed by atoms with E-state index in [1.54, 1.807) is 36.9 Å². The normalized spacial score (nSPS) is 11.0. The Bertz CT molecular complexity index is 1140. The van der Waals surface area contributed by atoms with Crippen molar-refractivity contribution in [1.29, 1.82) is 0 Å². The van der Waals surface area contributed by atoms with Crippen LogP contribution in [0.4, 0.5) is 0 Å². The van der Waals surface area contributed by atoms with E-state index < -0.39 is 0 Å². The molecule has 0 aliphatic heterocycles. The van der Waals surface area contributed by atoms with Gasteiger partial charge in [0.25, 0.3) is 5.56 Å². The first-order valence-corrected chi connectivity index (χ1v) is 8.55. The van der Waals surface area contributed by atoms with E-state index in [1.807, 2.05) is 31.2 Å². The Hall–Kier alpha value is -3.61. The highest BCUT2D eigenvalue weighted by atomic mass is 16.3. The lowest BCUT2D eigenvalue weighted by molar-refractivity contribution is -0.121. The van der Waals surface area contributed by atoms with Crippen LogP contribution in [0.5, 0.6) is 0 Å². The second-order valence-electron chi connectivity index (χ2n) is 6.31. The molecule has 0 spiro atoms. The molecule has 7 heteroatoms. The second kappa shape index (κ2) is 6.95. The molecule has 0 aliphatic rings. The standard InChI is InChI=1S/C20H18N4O3/c1-14-4-6-15(7-5-14)17-11-18-20(26)23(8-9-24(18)22-17)13-19(25)21-12-16-3-2-10-27-16/h2-11H,12-13H2,1H3,(H,21,25). The van der Waals surface area contributed by atoms with Crippen LogP contribution >= 0.6 is 0 Å². The van der Waals surface area contributed by atoms with Crippen LogP contribution in [0.3, 0.4) is 0 Å². The number of amides is 1. The van der Waals surface area contributed by atoms with Gasteiger partial charge in [0.15, 0.2) is 0 Å². The van der Waals surface area contributed by atoms with Gasteiger partial charge in [-0.3, -0.25) is 9.59 Å². The minimum atomic E-state index is -0.267. The molecule has 1 N–H and O–H groups in total. The quantitative estimate of drug-likeness (QED) is 0.591. The van der Waals surface area contributed by atoms with Gasteiger partial charge in [-0.2, -0.15) is 5.10 Å². The molecule has 136 valence electrons. The van der Waals surface area contributed by atoms with Crippen LogP contribution in [0.25, 0.3) is 16.8 Å². The molecule has 0 fully saturated rings. The van der Waals surface area contributed by atoms with Gasteiger partial charge in [0.05, 0.1) is 18.5 Å². The molecule has 4 rings (SSSR count). The first-order chi connectivity index (χ1) is 13.1. The van der Waals surface area contributed by atoms with Crippen molar-refractivity contribution >= 4 is 11.4 Å². The van der Waals surface area contributed by atoms with E-state index in [1.165, 1.54) is 9.08 Å². The summed E-state index contributed by atoms with van der Waals surface area (Å²) >= 11 is 0. The largest absolute Gasteiger partial charge is 0.467 e. The van der Waals surface area contributed by atoms with Crippen LogP contribution in [0.1, 0.15) is 11.3 Å². The van der Waals surface area contributed by atoms with Crippen molar-refractivity contribution in [1.82, 2.24) is 19.5 Å². The van der Waals surface area contributed by atoms with Gasteiger partial charge >= 0.3 is 0 Å². The number of carbonyl (C=O) groups is 1. The van der Waals surface area contributed by atoms with Gasteiger partial charge in [0.2, 0.25) is 5.91 Å². The van der Waals surface area contributed by atoms with Gasteiger partial charge in [-0.15, -0.1) is 0 Å². The summed E-state index contributed by atoms with van der Waals surface area (Å²) in [7, 11) is 0. The van der Waals surface area contributed by atoms with Crippen molar-refractivity contribution < 1.29 is 9.21 Å². The lowest BCUT2D eigenvalue weighted by Gasteiger charge is -2.06. The van der Waals surface area contributed by atoms with Crippen molar-refractivity contribution in [2.24, 2.45) is 0 Å². The highest BCUT2D eigenvalue weighted by Crippen LogP contribution is 2.18. The van der Waals surface area contributed by atoms with E-state index in [-0.39, 0.29) is 24.6 Å². The average molecular weight is 362 g/mol. The molecule has 1 aromatic carbocycles. The number of hydrogen-bond donors (Lipinski definition) is 1. The molecule has 0 bridgehead atoms. The summed E-state index contributed by atoms with van der Waals surface area (Å²) in [5.41, 5.74) is 2.97. The zero-order valence-corrected chi connectivity index (χ0v) is 14.8. The fraction of sp³-hybridized carbons (Fsp3) is 0.150. The molecule has 0 atom stereocenters. The van der Waals surface area contributed by atoms with Gasteiger partial charge in [-0.25, -0.2) is 4.52 Å². The molecule has 27 heavy (non-hydrogen) atoms. The Morgan fingerprint density at radius 3 is 2.74 bits per heavy atom. The molecule has 3 heterocycles. The summed E-state index contributed by atoms with van der Waals surface area (Å²) in [5, 5.41) is 7.18. The van der Waals surface area contributed by atoms with Crippen molar-refractivity contribution in [2.75, 3.05) is 0 Å². The Morgan fingerprint density at radius 1 is 1.19 bits per heavy atom. The Labute approximate surface area is 154 Å². The maximum absolute atomic E-state index is 12.7. The first kappa shape index (κ1) is 16.8. The third-order valence-electron chi connectivity index (χ3n) is 4.30. The third-order valence-corrected chi connectivity index (χ3v) is 4.30. The van der Waals surface area contributed by atoms with Crippen molar-refractivity contribution in [3.63, 3.8) is 0 Å². The minimum absolute atomic E-state index is 0.0684. The van der Waals surface area contributed by atoms with Gasteiger partial charge < -0.3 is 14.3 Å². The van der Waals surface area contributed by atoms with E-state index in [4.69, 9.17) is 4.42 Å². The van der Waals surface area contributed by atoms with Crippen LogP contribution in [0, 0.1) is 6.92 Å². The molecule has 0 unspecified atom stereocenters. The van der Waals surface area contributed by atoms with Crippen LogP contribution in [-0.4, -0.2) is 20.1 Å². The number of hydrogen-bond acceptors (Lipinski definition) is 4. The smallest absolute Gasteiger partial charge is 0.277 e. The Morgan fingerprint density at radius 2 is 2.00 bits per heavy atom. The topological polar surface area (TPSA) is 81.5 Å². The zero-order chi connectivity index (χ0) is 18.8. The van der Waals surface area contributed by atoms with E-state index in [0.717, 1.165) is 11.1 Å². The molecular formula is C20H18N4O3. The average Bonchev–Trinajstić information content (AvgIpc) is 3.33. The predicted molar refractivity (Wildman–Crippen MR) is 100 cm³/mol. The van der Waals surface area contributed by atoms with Crippen molar-refractivity contribution in [2.45, 2.75) is 20.0 Å². The zero-order valence-electron chi connectivity index (χ0n) is 14.8. The van der Waals surface area contributed by atoms with Crippen LogP contribution in [0.15, 0.2) is 70.3 Å². The van der Waals surface area contributed by atoms with Crippen LogP contribution in [0.2, 0.25) is 0 Å². The summed E-state index contributed by atoms with van der Waals surface area (Å²) in [4.78, 5) is 24.8. The number of carbonyl (C=O) groups excluding carboxylic acids is 1. The monoisotopic (exact) mass is 362 g/mol.